The highest BCUT2D eigenvalue weighted by molar-refractivity contribution is 6.05. The molecule has 3 aromatic rings. The molecule has 0 saturated carbocycles. The van der Waals surface area contributed by atoms with E-state index in [-0.39, 0.29) is 0 Å². The van der Waals surface area contributed by atoms with Crippen LogP contribution in [0, 0.1) is 0 Å². The molecule has 2 N–H and O–H groups in total. The maximum Gasteiger partial charge on any atom is 0.204 e. The predicted octanol–water partition coefficient (Wildman–Crippen LogP) is 3.91. The number of ether oxygens (including phenoxy) is 3. The van der Waals surface area contributed by atoms with Gasteiger partial charge in [-0.15, -0.1) is 0 Å². The van der Waals surface area contributed by atoms with Crippen LogP contribution in [0.15, 0.2) is 36.4 Å². The molecule has 126 valence electrons. The van der Waals surface area contributed by atoms with E-state index >= 15 is 0 Å². The molecule has 0 aromatic heterocycles. The van der Waals surface area contributed by atoms with Crippen LogP contribution in [0.25, 0.3) is 21.5 Å². The summed E-state index contributed by atoms with van der Waals surface area (Å²) in [5.74, 6) is 2.06. The van der Waals surface area contributed by atoms with E-state index in [0.717, 1.165) is 34.9 Å². The first-order valence-electron chi connectivity index (χ1n) is 8.08. The van der Waals surface area contributed by atoms with Crippen LogP contribution in [-0.2, 0) is 6.42 Å². The van der Waals surface area contributed by atoms with Crippen molar-refractivity contribution < 1.29 is 14.2 Å². The Bertz CT molecular complexity index is 874. The maximum atomic E-state index is 5.73. The van der Waals surface area contributed by atoms with E-state index in [4.69, 9.17) is 19.9 Å². The topological polar surface area (TPSA) is 53.7 Å². The van der Waals surface area contributed by atoms with Gasteiger partial charge in [0, 0.05) is 10.9 Å². The normalized spacial score (nSPS) is 11.0. The lowest BCUT2D eigenvalue weighted by molar-refractivity contribution is 0.325. The zero-order valence-corrected chi connectivity index (χ0v) is 14.4. The maximum absolute atomic E-state index is 5.73. The first-order chi connectivity index (χ1) is 11.7. The average Bonchev–Trinajstić information content (AvgIpc) is 2.63. The first kappa shape index (κ1) is 16.4. The minimum absolute atomic E-state index is 0.632. The molecule has 0 saturated heterocycles. The van der Waals surface area contributed by atoms with Crippen molar-refractivity contribution in [3.05, 3.63) is 42.0 Å². The molecule has 0 heterocycles. The molecule has 4 heteroatoms. The van der Waals surface area contributed by atoms with Gasteiger partial charge in [-0.05, 0) is 47.7 Å². The summed E-state index contributed by atoms with van der Waals surface area (Å²) in [6.07, 6.45) is 1.71. The Morgan fingerprint density at radius 3 is 1.92 bits per heavy atom. The average molecular weight is 325 g/mol. The number of fused-ring (bicyclic) bond motifs is 2. The Hall–Kier alpha value is -2.46. The monoisotopic (exact) mass is 325 g/mol. The van der Waals surface area contributed by atoms with Crippen LogP contribution in [0.2, 0.25) is 0 Å². The largest absolute Gasteiger partial charge is 0.492 e. The number of nitrogens with two attached hydrogens (primary N) is 1. The summed E-state index contributed by atoms with van der Waals surface area (Å²) in [7, 11) is 4.96. The zero-order chi connectivity index (χ0) is 17.1. The van der Waals surface area contributed by atoms with Crippen LogP contribution in [0.1, 0.15) is 12.0 Å². The summed E-state index contributed by atoms with van der Waals surface area (Å²) < 4.78 is 17.0. The predicted molar refractivity (Wildman–Crippen MR) is 98.5 cm³/mol. The molecule has 0 bridgehead atoms. The summed E-state index contributed by atoms with van der Waals surface area (Å²) in [6.45, 7) is 0.632. The molecule has 0 unspecified atom stereocenters. The Kier molecular flexibility index (Phi) is 4.76. The van der Waals surface area contributed by atoms with E-state index in [1.807, 2.05) is 12.1 Å². The highest BCUT2D eigenvalue weighted by Crippen LogP contribution is 2.47. The molecular weight excluding hydrogens is 302 g/mol. The van der Waals surface area contributed by atoms with Gasteiger partial charge in [0.15, 0.2) is 11.5 Å². The molecule has 3 aromatic carbocycles. The van der Waals surface area contributed by atoms with Crippen LogP contribution in [0.3, 0.4) is 0 Å². The van der Waals surface area contributed by atoms with Gasteiger partial charge < -0.3 is 19.9 Å². The number of rotatable bonds is 6. The highest BCUT2D eigenvalue weighted by Gasteiger charge is 2.22. The van der Waals surface area contributed by atoms with Gasteiger partial charge in [0.2, 0.25) is 5.75 Å². The highest BCUT2D eigenvalue weighted by atomic mass is 16.5. The quantitative estimate of drug-likeness (QED) is 0.698. The standard InChI is InChI=1S/C20H23NO3/c1-22-18-15(9-6-10-21)16-11-13-7-4-5-8-14(13)12-17(16)19(23-2)20(18)24-3/h4-5,7-8,11-12H,6,9-10,21H2,1-3H3. The van der Waals surface area contributed by atoms with Crippen LogP contribution in [0.4, 0.5) is 0 Å². The van der Waals surface area contributed by atoms with Crippen molar-refractivity contribution in [2.45, 2.75) is 12.8 Å². The Morgan fingerprint density at radius 2 is 1.38 bits per heavy atom. The van der Waals surface area contributed by atoms with Crippen molar-refractivity contribution in [1.82, 2.24) is 0 Å². The lowest BCUT2D eigenvalue weighted by Crippen LogP contribution is -2.04. The molecule has 0 aliphatic heterocycles. The van der Waals surface area contributed by atoms with Crippen LogP contribution < -0.4 is 19.9 Å². The number of aryl methyl sites for hydroxylation is 1. The lowest BCUT2D eigenvalue weighted by Gasteiger charge is -2.20. The van der Waals surface area contributed by atoms with Gasteiger partial charge in [-0.2, -0.15) is 0 Å². The Balaban J connectivity index is 2.44. The number of methoxy groups -OCH3 is 3. The van der Waals surface area contributed by atoms with E-state index in [1.165, 1.54) is 10.8 Å². The summed E-state index contributed by atoms with van der Waals surface area (Å²) in [5, 5.41) is 4.51. The second kappa shape index (κ2) is 6.97. The smallest absolute Gasteiger partial charge is 0.204 e. The fraction of sp³-hybridized carbons (Fsp3) is 0.300. The third kappa shape index (κ3) is 2.63. The van der Waals surface area contributed by atoms with Gasteiger partial charge in [0.25, 0.3) is 0 Å². The summed E-state index contributed by atoms with van der Waals surface area (Å²) in [5.41, 5.74) is 6.84. The van der Waals surface area contributed by atoms with Gasteiger partial charge in [0.05, 0.1) is 21.3 Å². The third-order valence-corrected chi connectivity index (χ3v) is 4.39. The lowest BCUT2D eigenvalue weighted by atomic mass is 9.95. The van der Waals surface area contributed by atoms with Gasteiger partial charge in [0.1, 0.15) is 0 Å². The van der Waals surface area contributed by atoms with Crippen molar-refractivity contribution in [3.8, 4) is 17.2 Å². The van der Waals surface area contributed by atoms with E-state index in [0.29, 0.717) is 18.0 Å². The first-order valence-corrected chi connectivity index (χ1v) is 8.08. The number of hydrogen-bond acceptors (Lipinski definition) is 4. The van der Waals surface area contributed by atoms with Gasteiger partial charge >= 0.3 is 0 Å². The molecule has 24 heavy (non-hydrogen) atoms. The van der Waals surface area contributed by atoms with E-state index in [2.05, 4.69) is 24.3 Å². The molecular formula is C20H23NO3. The van der Waals surface area contributed by atoms with E-state index < -0.39 is 0 Å². The van der Waals surface area contributed by atoms with Crippen LogP contribution in [0.5, 0.6) is 17.2 Å². The number of benzene rings is 3. The molecule has 0 aliphatic carbocycles. The van der Waals surface area contributed by atoms with Crippen molar-refractivity contribution in [2.75, 3.05) is 27.9 Å². The van der Waals surface area contributed by atoms with Crippen LogP contribution >= 0.6 is 0 Å². The summed E-state index contributed by atoms with van der Waals surface area (Å²) in [4.78, 5) is 0. The summed E-state index contributed by atoms with van der Waals surface area (Å²) >= 11 is 0. The van der Waals surface area contributed by atoms with E-state index in [9.17, 15) is 0 Å². The zero-order valence-electron chi connectivity index (χ0n) is 14.4. The molecule has 4 nitrogen and oxygen atoms in total. The molecule has 0 radical (unpaired) electrons. The van der Waals surface area contributed by atoms with Gasteiger partial charge in [-0.1, -0.05) is 24.3 Å². The van der Waals surface area contributed by atoms with E-state index in [1.54, 1.807) is 21.3 Å². The second-order valence-electron chi connectivity index (χ2n) is 5.72. The molecule has 0 amide bonds. The van der Waals surface area contributed by atoms with Crippen molar-refractivity contribution in [3.63, 3.8) is 0 Å². The van der Waals surface area contributed by atoms with Crippen LogP contribution in [-0.4, -0.2) is 27.9 Å². The molecule has 0 aliphatic rings. The minimum atomic E-state index is 0.632. The SMILES string of the molecule is COc1c(OC)c(OC)c2cc3ccccc3cc2c1CCCN. The van der Waals surface area contributed by atoms with Gasteiger partial charge in [-0.3, -0.25) is 0 Å². The minimum Gasteiger partial charge on any atom is -0.492 e. The van der Waals surface area contributed by atoms with Crippen molar-refractivity contribution >= 4 is 21.5 Å². The molecule has 0 fully saturated rings. The Labute approximate surface area is 142 Å². The second-order valence-corrected chi connectivity index (χ2v) is 5.72. The molecule has 3 rings (SSSR count). The number of hydrogen-bond donors (Lipinski definition) is 1. The van der Waals surface area contributed by atoms with Crippen molar-refractivity contribution in [1.29, 1.82) is 0 Å². The Morgan fingerprint density at radius 1 is 0.792 bits per heavy atom. The van der Waals surface area contributed by atoms with Gasteiger partial charge in [-0.25, -0.2) is 0 Å². The molecule has 0 atom stereocenters. The fourth-order valence-corrected chi connectivity index (χ4v) is 3.29. The fourth-order valence-electron chi connectivity index (χ4n) is 3.29. The summed E-state index contributed by atoms with van der Waals surface area (Å²) in [6, 6.07) is 12.6. The van der Waals surface area contributed by atoms with Crippen molar-refractivity contribution in [2.24, 2.45) is 5.73 Å². The molecule has 0 spiro atoms. The third-order valence-electron chi connectivity index (χ3n) is 4.39.